The highest BCUT2D eigenvalue weighted by Gasteiger charge is 2.24. The van der Waals surface area contributed by atoms with Crippen molar-refractivity contribution in [1.29, 1.82) is 0 Å². The summed E-state index contributed by atoms with van der Waals surface area (Å²) < 4.78 is 5.46. The van der Waals surface area contributed by atoms with Gasteiger partial charge in [0.2, 0.25) is 0 Å². The van der Waals surface area contributed by atoms with Gasteiger partial charge in [0.1, 0.15) is 11.4 Å². The summed E-state index contributed by atoms with van der Waals surface area (Å²) in [6.07, 6.45) is 3.56. The van der Waals surface area contributed by atoms with E-state index in [9.17, 15) is 9.90 Å². The number of ether oxygens (including phenoxy) is 1. The van der Waals surface area contributed by atoms with E-state index in [-0.39, 0.29) is 6.09 Å². The molecular formula is C19H30N2O3. The SMILES string of the molecule is CC(C)(C)OC(=O)N1CCC[C@@H](NCCc2ccccc2O)CC1. The lowest BCUT2D eigenvalue weighted by atomic mass is 10.1. The van der Waals surface area contributed by atoms with E-state index in [4.69, 9.17) is 4.74 Å². The number of hydrogen-bond acceptors (Lipinski definition) is 4. The molecule has 1 atom stereocenters. The molecule has 1 heterocycles. The van der Waals surface area contributed by atoms with Crippen molar-refractivity contribution in [2.75, 3.05) is 19.6 Å². The van der Waals surface area contributed by atoms with Crippen LogP contribution in [0.1, 0.15) is 45.6 Å². The fourth-order valence-corrected chi connectivity index (χ4v) is 2.94. The molecule has 0 bridgehead atoms. The Morgan fingerprint density at radius 2 is 2.04 bits per heavy atom. The number of phenols is 1. The fourth-order valence-electron chi connectivity index (χ4n) is 2.94. The number of aromatic hydroxyl groups is 1. The molecule has 0 aliphatic carbocycles. The zero-order valence-corrected chi connectivity index (χ0v) is 15.0. The van der Waals surface area contributed by atoms with Crippen molar-refractivity contribution in [3.63, 3.8) is 0 Å². The van der Waals surface area contributed by atoms with E-state index in [1.807, 2.05) is 43.9 Å². The fraction of sp³-hybridized carbons (Fsp3) is 0.632. The van der Waals surface area contributed by atoms with Gasteiger partial charge in [-0.1, -0.05) is 18.2 Å². The van der Waals surface area contributed by atoms with Gasteiger partial charge in [-0.25, -0.2) is 4.79 Å². The summed E-state index contributed by atoms with van der Waals surface area (Å²) in [4.78, 5) is 14.0. The minimum atomic E-state index is -0.446. The molecule has 1 amide bonds. The van der Waals surface area contributed by atoms with Crippen LogP contribution in [0, 0.1) is 0 Å². The molecule has 2 rings (SSSR count). The zero-order chi connectivity index (χ0) is 17.6. The highest BCUT2D eigenvalue weighted by molar-refractivity contribution is 5.68. The minimum absolute atomic E-state index is 0.211. The number of carbonyl (C=O) groups is 1. The number of benzene rings is 1. The van der Waals surface area contributed by atoms with E-state index in [0.717, 1.165) is 50.9 Å². The number of amides is 1. The highest BCUT2D eigenvalue weighted by Crippen LogP contribution is 2.17. The van der Waals surface area contributed by atoms with Crippen LogP contribution in [0.5, 0.6) is 5.75 Å². The molecule has 1 fully saturated rings. The van der Waals surface area contributed by atoms with Crippen molar-refractivity contribution in [1.82, 2.24) is 10.2 Å². The Morgan fingerprint density at radius 3 is 2.75 bits per heavy atom. The maximum absolute atomic E-state index is 12.2. The lowest BCUT2D eigenvalue weighted by Crippen LogP contribution is -2.38. The van der Waals surface area contributed by atoms with E-state index >= 15 is 0 Å². The summed E-state index contributed by atoms with van der Waals surface area (Å²) in [5.74, 6) is 0.358. The van der Waals surface area contributed by atoms with Crippen molar-refractivity contribution in [2.24, 2.45) is 0 Å². The molecule has 1 aromatic rings. The molecule has 5 heteroatoms. The molecule has 24 heavy (non-hydrogen) atoms. The molecular weight excluding hydrogens is 304 g/mol. The summed E-state index contributed by atoms with van der Waals surface area (Å²) in [6, 6.07) is 7.86. The molecule has 0 saturated carbocycles. The first-order valence-electron chi connectivity index (χ1n) is 8.83. The third-order valence-electron chi connectivity index (χ3n) is 4.20. The van der Waals surface area contributed by atoms with Crippen LogP contribution >= 0.6 is 0 Å². The van der Waals surface area contributed by atoms with Crippen molar-refractivity contribution < 1.29 is 14.6 Å². The number of phenolic OH excluding ortho intramolecular Hbond substituents is 1. The Morgan fingerprint density at radius 1 is 1.29 bits per heavy atom. The van der Waals surface area contributed by atoms with Crippen LogP contribution < -0.4 is 5.32 Å². The quantitative estimate of drug-likeness (QED) is 0.887. The van der Waals surface area contributed by atoms with Gasteiger partial charge in [0, 0.05) is 19.1 Å². The molecule has 134 valence electrons. The molecule has 0 unspecified atom stereocenters. The van der Waals surface area contributed by atoms with E-state index in [2.05, 4.69) is 5.32 Å². The molecule has 1 saturated heterocycles. The molecule has 1 aliphatic rings. The van der Waals surface area contributed by atoms with Gasteiger partial charge in [0.05, 0.1) is 0 Å². The normalized spacial score (nSPS) is 19.0. The third-order valence-corrected chi connectivity index (χ3v) is 4.20. The van der Waals surface area contributed by atoms with Gasteiger partial charge in [-0.3, -0.25) is 0 Å². The number of likely N-dealkylation sites (tertiary alicyclic amines) is 1. The Hall–Kier alpha value is -1.75. The van der Waals surface area contributed by atoms with E-state index in [0.29, 0.717) is 11.8 Å². The second-order valence-electron chi connectivity index (χ2n) is 7.43. The Balaban J connectivity index is 1.75. The zero-order valence-electron chi connectivity index (χ0n) is 15.0. The van der Waals surface area contributed by atoms with Gasteiger partial charge in [-0.05, 0) is 64.6 Å². The van der Waals surface area contributed by atoms with Crippen LogP contribution in [-0.2, 0) is 11.2 Å². The second kappa shape index (κ2) is 8.38. The Kier molecular flexibility index (Phi) is 6.49. The van der Waals surface area contributed by atoms with Crippen LogP contribution in [0.2, 0.25) is 0 Å². The second-order valence-corrected chi connectivity index (χ2v) is 7.43. The van der Waals surface area contributed by atoms with Gasteiger partial charge < -0.3 is 20.1 Å². The first-order valence-corrected chi connectivity index (χ1v) is 8.83. The lowest BCUT2D eigenvalue weighted by molar-refractivity contribution is 0.0256. The van der Waals surface area contributed by atoms with Gasteiger partial charge in [-0.2, -0.15) is 0 Å². The summed E-state index contributed by atoms with van der Waals surface area (Å²) in [6.45, 7) is 7.99. The molecule has 1 aromatic carbocycles. The van der Waals surface area contributed by atoms with Crippen LogP contribution in [-0.4, -0.2) is 47.4 Å². The number of carbonyl (C=O) groups excluding carboxylic acids is 1. The third kappa shape index (κ3) is 6.04. The minimum Gasteiger partial charge on any atom is -0.508 e. The van der Waals surface area contributed by atoms with Gasteiger partial charge in [-0.15, -0.1) is 0 Å². The summed E-state index contributed by atoms with van der Waals surface area (Å²) >= 11 is 0. The lowest BCUT2D eigenvalue weighted by Gasteiger charge is -2.26. The van der Waals surface area contributed by atoms with Crippen molar-refractivity contribution in [3.05, 3.63) is 29.8 Å². The van der Waals surface area contributed by atoms with Crippen molar-refractivity contribution in [3.8, 4) is 5.75 Å². The van der Waals surface area contributed by atoms with Crippen molar-refractivity contribution >= 4 is 6.09 Å². The van der Waals surface area contributed by atoms with Gasteiger partial charge >= 0.3 is 6.09 Å². The predicted octanol–water partition coefficient (Wildman–Crippen LogP) is 3.31. The van der Waals surface area contributed by atoms with E-state index in [1.165, 1.54) is 0 Å². The first kappa shape index (κ1) is 18.6. The standard InChI is InChI=1S/C19H30N2O3/c1-19(2,3)24-18(23)21-13-6-8-16(11-14-21)20-12-10-15-7-4-5-9-17(15)22/h4-5,7,9,16,20,22H,6,8,10-14H2,1-3H3/t16-/m1/s1. The van der Waals surface area contributed by atoms with E-state index in [1.54, 1.807) is 6.07 Å². The predicted molar refractivity (Wildman–Crippen MR) is 95.3 cm³/mol. The largest absolute Gasteiger partial charge is 0.508 e. The number of nitrogens with one attached hydrogen (secondary N) is 1. The molecule has 0 spiro atoms. The van der Waals surface area contributed by atoms with Crippen molar-refractivity contribution in [2.45, 2.75) is 58.1 Å². The number of rotatable bonds is 4. The average molecular weight is 334 g/mol. The van der Waals surface area contributed by atoms with Gasteiger partial charge in [0.25, 0.3) is 0 Å². The summed E-state index contributed by atoms with van der Waals surface area (Å²) in [7, 11) is 0. The average Bonchev–Trinajstić information content (AvgIpc) is 2.73. The monoisotopic (exact) mass is 334 g/mol. The molecule has 1 aliphatic heterocycles. The maximum atomic E-state index is 12.2. The highest BCUT2D eigenvalue weighted by atomic mass is 16.6. The van der Waals surface area contributed by atoms with Crippen LogP contribution in [0.3, 0.4) is 0 Å². The molecule has 0 radical (unpaired) electrons. The van der Waals surface area contributed by atoms with E-state index < -0.39 is 5.60 Å². The number of para-hydroxylation sites is 1. The smallest absolute Gasteiger partial charge is 0.410 e. The van der Waals surface area contributed by atoms with Gasteiger partial charge in [0.15, 0.2) is 0 Å². The van der Waals surface area contributed by atoms with Crippen LogP contribution in [0.15, 0.2) is 24.3 Å². The summed E-state index contributed by atoms with van der Waals surface area (Å²) in [5.41, 5.74) is 0.521. The first-order chi connectivity index (χ1) is 11.3. The Labute approximate surface area is 145 Å². The number of nitrogens with zero attached hydrogens (tertiary/aromatic N) is 1. The number of hydrogen-bond donors (Lipinski definition) is 2. The molecule has 2 N–H and O–H groups in total. The maximum Gasteiger partial charge on any atom is 0.410 e. The van der Waals surface area contributed by atoms with Crippen LogP contribution in [0.25, 0.3) is 0 Å². The Bertz CT molecular complexity index is 540. The van der Waals surface area contributed by atoms with Crippen LogP contribution in [0.4, 0.5) is 4.79 Å². The molecule has 5 nitrogen and oxygen atoms in total. The summed E-state index contributed by atoms with van der Waals surface area (Å²) in [5, 5.41) is 13.4. The topological polar surface area (TPSA) is 61.8 Å². The molecule has 0 aromatic heterocycles.